The lowest BCUT2D eigenvalue weighted by Gasteiger charge is -2.40. The van der Waals surface area contributed by atoms with E-state index in [9.17, 15) is 4.79 Å². The Balaban J connectivity index is 2.07. The molecule has 3 heteroatoms. The van der Waals surface area contributed by atoms with Crippen LogP contribution in [0.5, 0.6) is 0 Å². The van der Waals surface area contributed by atoms with E-state index in [0.29, 0.717) is 18.2 Å². The lowest BCUT2D eigenvalue weighted by atomic mass is 10.0. The maximum absolute atomic E-state index is 11.4. The van der Waals surface area contributed by atoms with E-state index >= 15 is 0 Å². The number of benzene rings is 1. The van der Waals surface area contributed by atoms with E-state index in [-0.39, 0.29) is 5.97 Å². The Morgan fingerprint density at radius 3 is 2.56 bits per heavy atom. The first-order chi connectivity index (χ1) is 7.72. The van der Waals surface area contributed by atoms with Crippen LogP contribution in [-0.2, 0) is 4.74 Å². The van der Waals surface area contributed by atoms with Crippen LogP contribution in [0, 0.1) is 0 Å². The molecular weight excluding hydrogens is 202 g/mol. The van der Waals surface area contributed by atoms with Crippen LogP contribution in [-0.4, -0.2) is 25.2 Å². The standard InChI is InChI=1S/C13H17NO2/c1-3-16-13(15)11-4-6-12(7-5-11)14-9-8-10(14)2/h4-7,10H,3,8-9H2,1-2H3/t10-/m0/s1. The summed E-state index contributed by atoms with van der Waals surface area (Å²) >= 11 is 0. The van der Waals surface area contributed by atoms with Gasteiger partial charge >= 0.3 is 5.97 Å². The highest BCUT2D eigenvalue weighted by atomic mass is 16.5. The molecule has 0 saturated carbocycles. The van der Waals surface area contributed by atoms with Crippen LogP contribution in [0.3, 0.4) is 0 Å². The molecule has 2 rings (SSSR count). The zero-order valence-electron chi connectivity index (χ0n) is 9.77. The fraction of sp³-hybridized carbons (Fsp3) is 0.462. The molecule has 1 heterocycles. The van der Waals surface area contributed by atoms with Crippen molar-refractivity contribution in [3.05, 3.63) is 29.8 Å². The largest absolute Gasteiger partial charge is 0.462 e. The second kappa shape index (κ2) is 4.56. The van der Waals surface area contributed by atoms with Crippen LogP contribution in [0.4, 0.5) is 5.69 Å². The number of carbonyl (C=O) groups excluding carboxylic acids is 1. The molecule has 0 N–H and O–H groups in total. The van der Waals surface area contributed by atoms with Gasteiger partial charge in [0, 0.05) is 18.3 Å². The number of rotatable bonds is 3. The topological polar surface area (TPSA) is 29.5 Å². The highest BCUT2D eigenvalue weighted by Crippen LogP contribution is 2.26. The first kappa shape index (κ1) is 11.0. The van der Waals surface area contributed by atoms with Gasteiger partial charge in [-0.15, -0.1) is 0 Å². The van der Waals surface area contributed by atoms with Gasteiger partial charge in [0.2, 0.25) is 0 Å². The third-order valence-corrected chi connectivity index (χ3v) is 3.03. The van der Waals surface area contributed by atoms with Gasteiger partial charge in [-0.1, -0.05) is 0 Å². The van der Waals surface area contributed by atoms with Gasteiger partial charge in [-0.3, -0.25) is 0 Å². The number of nitrogens with zero attached hydrogens (tertiary/aromatic N) is 1. The van der Waals surface area contributed by atoms with Gasteiger partial charge in [0.1, 0.15) is 0 Å². The molecule has 0 unspecified atom stereocenters. The van der Waals surface area contributed by atoms with Crippen molar-refractivity contribution in [2.24, 2.45) is 0 Å². The number of anilines is 1. The van der Waals surface area contributed by atoms with Crippen molar-refractivity contribution in [3.63, 3.8) is 0 Å². The van der Waals surface area contributed by atoms with Crippen molar-refractivity contribution in [2.75, 3.05) is 18.1 Å². The van der Waals surface area contributed by atoms with Gasteiger partial charge in [0.05, 0.1) is 12.2 Å². The second-order valence-electron chi connectivity index (χ2n) is 4.10. The van der Waals surface area contributed by atoms with E-state index in [1.54, 1.807) is 0 Å². The summed E-state index contributed by atoms with van der Waals surface area (Å²) in [5.74, 6) is -0.245. The number of ether oxygens (including phenoxy) is 1. The smallest absolute Gasteiger partial charge is 0.338 e. The summed E-state index contributed by atoms with van der Waals surface area (Å²) in [7, 11) is 0. The summed E-state index contributed by atoms with van der Waals surface area (Å²) < 4.78 is 4.94. The minimum atomic E-state index is -0.245. The Hall–Kier alpha value is -1.51. The van der Waals surface area contributed by atoms with Crippen molar-refractivity contribution in [1.29, 1.82) is 0 Å². The molecule has 1 fully saturated rings. The average molecular weight is 219 g/mol. The second-order valence-corrected chi connectivity index (χ2v) is 4.10. The molecule has 0 bridgehead atoms. The fourth-order valence-corrected chi connectivity index (χ4v) is 1.90. The van der Waals surface area contributed by atoms with Crippen molar-refractivity contribution in [3.8, 4) is 0 Å². The molecule has 16 heavy (non-hydrogen) atoms. The number of hydrogen-bond acceptors (Lipinski definition) is 3. The van der Waals surface area contributed by atoms with Gasteiger partial charge in [0.25, 0.3) is 0 Å². The Bertz CT molecular complexity index is 372. The summed E-state index contributed by atoms with van der Waals surface area (Å²) in [6, 6.07) is 8.26. The van der Waals surface area contributed by atoms with Crippen molar-refractivity contribution >= 4 is 11.7 Å². The molecule has 1 aromatic rings. The monoisotopic (exact) mass is 219 g/mol. The maximum atomic E-state index is 11.4. The number of carbonyl (C=O) groups is 1. The molecular formula is C13H17NO2. The molecule has 1 saturated heterocycles. The summed E-state index contributed by atoms with van der Waals surface area (Å²) in [5, 5.41) is 0. The Morgan fingerprint density at radius 2 is 2.12 bits per heavy atom. The molecule has 1 aliphatic heterocycles. The Morgan fingerprint density at radius 1 is 1.44 bits per heavy atom. The molecule has 86 valence electrons. The van der Waals surface area contributed by atoms with Crippen molar-refractivity contribution < 1.29 is 9.53 Å². The molecule has 0 amide bonds. The predicted octanol–water partition coefficient (Wildman–Crippen LogP) is 2.46. The summed E-state index contributed by atoms with van der Waals surface area (Å²) in [5.41, 5.74) is 1.81. The van der Waals surface area contributed by atoms with Crippen molar-refractivity contribution in [2.45, 2.75) is 26.3 Å². The van der Waals surface area contributed by atoms with Crippen LogP contribution in [0.25, 0.3) is 0 Å². The van der Waals surface area contributed by atoms with Gasteiger partial charge in [-0.05, 0) is 44.5 Å². The van der Waals surface area contributed by atoms with E-state index < -0.39 is 0 Å². The predicted molar refractivity (Wildman–Crippen MR) is 63.8 cm³/mol. The van der Waals surface area contributed by atoms with E-state index in [1.807, 2.05) is 31.2 Å². The molecule has 3 nitrogen and oxygen atoms in total. The highest BCUT2D eigenvalue weighted by molar-refractivity contribution is 5.89. The summed E-state index contributed by atoms with van der Waals surface area (Å²) in [6.45, 7) is 5.56. The minimum absolute atomic E-state index is 0.245. The summed E-state index contributed by atoms with van der Waals surface area (Å²) in [6.07, 6.45) is 1.25. The van der Waals surface area contributed by atoms with Crippen LogP contribution in [0.2, 0.25) is 0 Å². The third-order valence-electron chi connectivity index (χ3n) is 3.03. The van der Waals surface area contributed by atoms with Crippen LogP contribution in [0.1, 0.15) is 30.6 Å². The van der Waals surface area contributed by atoms with E-state index in [4.69, 9.17) is 4.74 Å². The Labute approximate surface area is 96.0 Å². The van der Waals surface area contributed by atoms with E-state index in [0.717, 1.165) is 6.54 Å². The lowest BCUT2D eigenvalue weighted by Crippen LogP contribution is -2.45. The molecule has 0 spiro atoms. The van der Waals surface area contributed by atoms with Gasteiger partial charge in [-0.2, -0.15) is 0 Å². The first-order valence-corrected chi connectivity index (χ1v) is 5.76. The molecule has 1 aromatic carbocycles. The number of esters is 1. The third kappa shape index (κ3) is 2.03. The SMILES string of the molecule is CCOC(=O)c1ccc(N2CC[C@@H]2C)cc1. The van der Waals surface area contributed by atoms with E-state index in [2.05, 4.69) is 11.8 Å². The normalized spacial score (nSPS) is 19.1. The summed E-state index contributed by atoms with van der Waals surface area (Å²) in [4.78, 5) is 13.8. The average Bonchev–Trinajstić information content (AvgIpc) is 2.28. The Kier molecular flexibility index (Phi) is 3.13. The van der Waals surface area contributed by atoms with Crippen LogP contribution in [0.15, 0.2) is 24.3 Å². The first-order valence-electron chi connectivity index (χ1n) is 5.76. The van der Waals surface area contributed by atoms with Gasteiger partial charge in [-0.25, -0.2) is 4.79 Å². The maximum Gasteiger partial charge on any atom is 0.338 e. The molecule has 0 radical (unpaired) electrons. The molecule has 1 atom stereocenters. The van der Waals surface area contributed by atoms with E-state index in [1.165, 1.54) is 12.1 Å². The van der Waals surface area contributed by atoms with Crippen LogP contribution < -0.4 is 4.90 Å². The highest BCUT2D eigenvalue weighted by Gasteiger charge is 2.23. The zero-order valence-corrected chi connectivity index (χ0v) is 9.77. The molecule has 1 aliphatic rings. The van der Waals surface area contributed by atoms with Gasteiger partial charge < -0.3 is 9.64 Å². The number of hydrogen-bond donors (Lipinski definition) is 0. The van der Waals surface area contributed by atoms with Crippen LogP contribution >= 0.6 is 0 Å². The fourth-order valence-electron chi connectivity index (χ4n) is 1.90. The quantitative estimate of drug-likeness (QED) is 0.731. The lowest BCUT2D eigenvalue weighted by molar-refractivity contribution is 0.0526. The zero-order chi connectivity index (χ0) is 11.5. The molecule has 0 aromatic heterocycles. The van der Waals surface area contributed by atoms with Gasteiger partial charge in [0.15, 0.2) is 0 Å². The minimum Gasteiger partial charge on any atom is -0.462 e. The van der Waals surface area contributed by atoms with Crippen molar-refractivity contribution in [1.82, 2.24) is 0 Å². The molecule has 0 aliphatic carbocycles.